The quantitative estimate of drug-likeness (QED) is 0.772. The molecule has 1 fully saturated rings. The molecule has 1 aromatic heterocycles. The van der Waals surface area contributed by atoms with Crippen LogP contribution in [0.2, 0.25) is 0 Å². The number of halogens is 1. The molecule has 2 N–H and O–H groups in total. The maximum absolute atomic E-state index is 5.43. The van der Waals surface area contributed by atoms with Crippen LogP contribution in [-0.4, -0.2) is 9.55 Å². The molecule has 1 saturated carbocycles. The van der Waals surface area contributed by atoms with E-state index in [-0.39, 0.29) is 12.4 Å². The van der Waals surface area contributed by atoms with Crippen molar-refractivity contribution in [2.75, 3.05) is 0 Å². The molecule has 0 aliphatic heterocycles. The van der Waals surface area contributed by atoms with Crippen molar-refractivity contribution in [3.8, 4) is 0 Å². The fourth-order valence-corrected chi connectivity index (χ4v) is 1.21. The van der Waals surface area contributed by atoms with Crippen molar-refractivity contribution in [2.45, 2.75) is 25.9 Å². The lowest BCUT2D eigenvalue weighted by Gasteiger charge is -1.96. The van der Waals surface area contributed by atoms with Crippen molar-refractivity contribution in [1.82, 2.24) is 9.55 Å². The Bertz CT molecular complexity index is 242. The average Bonchev–Trinajstić information content (AvgIpc) is 2.68. The van der Waals surface area contributed by atoms with Gasteiger partial charge in [-0.3, -0.25) is 0 Å². The standard InChI is InChI=1S/C8H13N3.ClH/c9-3-8-5-11(6-10-8)4-7-1-2-7;/h5-7H,1-4,9H2;1H. The molecule has 1 aromatic rings. The predicted molar refractivity (Wildman–Crippen MR) is 50.1 cm³/mol. The number of rotatable bonds is 3. The number of hydrogen-bond acceptors (Lipinski definition) is 2. The molecule has 0 aromatic carbocycles. The summed E-state index contributed by atoms with van der Waals surface area (Å²) in [5.74, 6) is 0.912. The number of aromatic nitrogens is 2. The molecule has 1 aliphatic rings. The van der Waals surface area contributed by atoms with Gasteiger partial charge < -0.3 is 10.3 Å². The van der Waals surface area contributed by atoms with Gasteiger partial charge in [0.05, 0.1) is 12.0 Å². The molecule has 0 unspecified atom stereocenters. The first-order chi connectivity index (χ1) is 5.38. The first-order valence-corrected chi connectivity index (χ1v) is 4.09. The minimum Gasteiger partial charge on any atom is -0.337 e. The topological polar surface area (TPSA) is 43.8 Å². The average molecular weight is 188 g/mol. The van der Waals surface area contributed by atoms with Crippen LogP contribution in [0.4, 0.5) is 0 Å². The Hall–Kier alpha value is -0.540. The van der Waals surface area contributed by atoms with Crippen molar-refractivity contribution < 1.29 is 0 Å². The number of hydrogen-bond donors (Lipinski definition) is 1. The van der Waals surface area contributed by atoms with E-state index >= 15 is 0 Å². The molecule has 0 spiro atoms. The summed E-state index contributed by atoms with van der Waals surface area (Å²) in [5, 5.41) is 0. The summed E-state index contributed by atoms with van der Waals surface area (Å²) in [5.41, 5.74) is 6.43. The molecule has 2 rings (SSSR count). The van der Waals surface area contributed by atoms with Crippen LogP contribution in [0.25, 0.3) is 0 Å². The lowest BCUT2D eigenvalue weighted by Crippen LogP contribution is -1.97. The molecule has 12 heavy (non-hydrogen) atoms. The highest BCUT2D eigenvalue weighted by Crippen LogP contribution is 2.30. The maximum atomic E-state index is 5.43. The van der Waals surface area contributed by atoms with Crippen LogP contribution in [0.15, 0.2) is 12.5 Å². The summed E-state index contributed by atoms with van der Waals surface area (Å²) < 4.78 is 2.14. The molecule has 68 valence electrons. The highest BCUT2D eigenvalue weighted by Gasteiger charge is 2.21. The first kappa shape index (κ1) is 9.55. The van der Waals surface area contributed by atoms with Gasteiger partial charge in [-0.15, -0.1) is 12.4 Å². The summed E-state index contributed by atoms with van der Waals surface area (Å²) in [6.07, 6.45) is 6.69. The van der Waals surface area contributed by atoms with Crippen molar-refractivity contribution in [3.63, 3.8) is 0 Å². The third-order valence-electron chi connectivity index (χ3n) is 2.06. The van der Waals surface area contributed by atoms with Gasteiger partial charge in [0.15, 0.2) is 0 Å². The van der Waals surface area contributed by atoms with Gasteiger partial charge in [0.1, 0.15) is 0 Å². The molecule has 0 radical (unpaired) electrons. The first-order valence-electron chi connectivity index (χ1n) is 4.09. The van der Waals surface area contributed by atoms with Crippen LogP contribution in [0.5, 0.6) is 0 Å². The van der Waals surface area contributed by atoms with Crippen LogP contribution < -0.4 is 5.73 Å². The summed E-state index contributed by atoms with van der Waals surface area (Å²) in [7, 11) is 0. The Labute approximate surface area is 78.4 Å². The molecular formula is C8H14ClN3. The molecule has 0 atom stereocenters. The Kier molecular flexibility index (Phi) is 3.12. The van der Waals surface area contributed by atoms with Gasteiger partial charge in [-0.2, -0.15) is 0 Å². The van der Waals surface area contributed by atoms with E-state index in [1.165, 1.54) is 12.8 Å². The zero-order chi connectivity index (χ0) is 7.68. The second kappa shape index (κ2) is 3.92. The molecule has 0 amide bonds. The number of imidazole rings is 1. The van der Waals surface area contributed by atoms with E-state index in [1.54, 1.807) is 0 Å². The highest BCUT2D eigenvalue weighted by atomic mass is 35.5. The normalized spacial score (nSPS) is 15.8. The highest BCUT2D eigenvalue weighted by molar-refractivity contribution is 5.85. The molecule has 0 bridgehead atoms. The van der Waals surface area contributed by atoms with E-state index in [0.717, 1.165) is 18.2 Å². The Morgan fingerprint density at radius 2 is 2.33 bits per heavy atom. The largest absolute Gasteiger partial charge is 0.337 e. The van der Waals surface area contributed by atoms with Crippen LogP contribution in [0, 0.1) is 5.92 Å². The van der Waals surface area contributed by atoms with Crippen molar-refractivity contribution in [2.24, 2.45) is 11.7 Å². The predicted octanol–water partition coefficient (Wildman–Crippen LogP) is 1.17. The molecule has 0 saturated heterocycles. The molecule has 3 nitrogen and oxygen atoms in total. The molecular weight excluding hydrogens is 174 g/mol. The third kappa shape index (κ3) is 2.22. The Balaban J connectivity index is 0.000000720. The maximum Gasteiger partial charge on any atom is 0.0950 e. The van der Waals surface area contributed by atoms with E-state index < -0.39 is 0 Å². The third-order valence-corrected chi connectivity index (χ3v) is 2.06. The lowest BCUT2D eigenvalue weighted by molar-refractivity contribution is 0.626. The second-order valence-electron chi connectivity index (χ2n) is 3.21. The van der Waals surface area contributed by atoms with Gasteiger partial charge in [-0.1, -0.05) is 0 Å². The van der Waals surface area contributed by atoms with Crippen LogP contribution in [0.3, 0.4) is 0 Å². The number of nitrogens with two attached hydrogens (primary N) is 1. The molecule has 1 aliphatic carbocycles. The van der Waals surface area contributed by atoms with Crippen molar-refractivity contribution in [3.05, 3.63) is 18.2 Å². The van der Waals surface area contributed by atoms with E-state index in [0.29, 0.717) is 6.54 Å². The van der Waals surface area contributed by atoms with E-state index in [9.17, 15) is 0 Å². The van der Waals surface area contributed by atoms with Gasteiger partial charge in [0.2, 0.25) is 0 Å². The monoisotopic (exact) mass is 187 g/mol. The summed E-state index contributed by atoms with van der Waals surface area (Å²) in [6, 6.07) is 0. The smallest absolute Gasteiger partial charge is 0.0950 e. The Morgan fingerprint density at radius 1 is 1.58 bits per heavy atom. The molecule has 1 heterocycles. The zero-order valence-electron chi connectivity index (χ0n) is 6.94. The van der Waals surface area contributed by atoms with E-state index in [1.807, 2.05) is 12.5 Å². The minimum absolute atomic E-state index is 0. The van der Waals surface area contributed by atoms with E-state index in [2.05, 4.69) is 9.55 Å². The SMILES string of the molecule is Cl.NCc1cn(CC2CC2)cn1. The fourth-order valence-electron chi connectivity index (χ4n) is 1.21. The Morgan fingerprint density at radius 3 is 2.83 bits per heavy atom. The minimum atomic E-state index is 0. The van der Waals surface area contributed by atoms with Gasteiger partial charge in [0.25, 0.3) is 0 Å². The van der Waals surface area contributed by atoms with Gasteiger partial charge in [-0.25, -0.2) is 4.98 Å². The van der Waals surface area contributed by atoms with Gasteiger partial charge in [-0.05, 0) is 18.8 Å². The van der Waals surface area contributed by atoms with Crippen LogP contribution in [0.1, 0.15) is 18.5 Å². The van der Waals surface area contributed by atoms with Crippen LogP contribution >= 0.6 is 12.4 Å². The van der Waals surface area contributed by atoms with Crippen molar-refractivity contribution >= 4 is 12.4 Å². The van der Waals surface area contributed by atoms with Gasteiger partial charge in [0, 0.05) is 19.3 Å². The summed E-state index contributed by atoms with van der Waals surface area (Å²) in [6.45, 7) is 1.69. The summed E-state index contributed by atoms with van der Waals surface area (Å²) in [4.78, 5) is 4.15. The van der Waals surface area contributed by atoms with Gasteiger partial charge >= 0.3 is 0 Å². The van der Waals surface area contributed by atoms with Crippen molar-refractivity contribution in [1.29, 1.82) is 0 Å². The fraction of sp³-hybridized carbons (Fsp3) is 0.625. The van der Waals surface area contributed by atoms with E-state index in [4.69, 9.17) is 5.73 Å². The lowest BCUT2D eigenvalue weighted by atomic mass is 10.4. The second-order valence-corrected chi connectivity index (χ2v) is 3.21. The zero-order valence-corrected chi connectivity index (χ0v) is 7.76. The molecule has 4 heteroatoms. The summed E-state index contributed by atoms with van der Waals surface area (Å²) >= 11 is 0. The van der Waals surface area contributed by atoms with Crippen LogP contribution in [-0.2, 0) is 13.1 Å². The number of nitrogens with zero attached hydrogens (tertiary/aromatic N) is 2.